The quantitative estimate of drug-likeness (QED) is 0.688. The second-order valence-electron chi connectivity index (χ2n) is 1.95. The van der Waals surface area contributed by atoms with Crippen LogP contribution in [0.3, 0.4) is 0 Å². The van der Waals surface area contributed by atoms with E-state index in [1.807, 2.05) is 5.32 Å². The van der Waals surface area contributed by atoms with Crippen molar-refractivity contribution in [1.29, 1.82) is 0 Å². The van der Waals surface area contributed by atoms with E-state index in [0.29, 0.717) is 4.47 Å². The molecule has 0 unspecified atom stereocenters. The van der Waals surface area contributed by atoms with Crippen LogP contribution >= 0.6 is 15.9 Å². The second kappa shape index (κ2) is 3.40. The van der Waals surface area contributed by atoms with Crippen molar-refractivity contribution in [2.75, 3.05) is 5.32 Å². The van der Waals surface area contributed by atoms with E-state index in [0.717, 1.165) is 0 Å². The average Bonchev–Trinajstić information content (AvgIpc) is 1.96. The first kappa shape index (κ1) is 8.79. The Kier molecular flexibility index (Phi) is 2.49. The Bertz CT molecular complexity index is 316. The number of halogens is 1. The smallest absolute Gasteiger partial charge is 0.409 e. The van der Waals surface area contributed by atoms with E-state index in [2.05, 4.69) is 20.9 Å². The summed E-state index contributed by atoms with van der Waals surface area (Å²) in [5.74, 6) is -0.347. The Morgan fingerprint density at radius 2 is 2.33 bits per heavy atom. The first-order chi connectivity index (χ1) is 5.59. The third-order valence-electron chi connectivity index (χ3n) is 1.07. The summed E-state index contributed by atoms with van der Waals surface area (Å²) in [6, 6.07) is 1.41. The first-order valence-electron chi connectivity index (χ1n) is 2.94. The van der Waals surface area contributed by atoms with Crippen molar-refractivity contribution in [2.45, 2.75) is 0 Å². The maximum absolute atomic E-state index is 10.2. The molecule has 0 bridgehead atoms. The van der Waals surface area contributed by atoms with Crippen LogP contribution < -0.4 is 5.32 Å². The van der Waals surface area contributed by atoms with Gasteiger partial charge in [-0.25, -0.2) is 9.78 Å². The summed E-state index contributed by atoms with van der Waals surface area (Å²) < 4.78 is 0.587. The van der Waals surface area contributed by atoms with Gasteiger partial charge in [-0.3, -0.25) is 5.32 Å². The van der Waals surface area contributed by atoms with Crippen LogP contribution in [0.5, 0.6) is 5.88 Å². The van der Waals surface area contributed by atoms with E-state index in [1.165, 1.54) is 12.3 Å². The van der Waals surface area contributed by atoms with Crippen LogP contribution in [0, 0.1) is 0 Å². The van der Waals surface area contributed by atoms with Crippen molar-refractivity contribution >= 4 is 27.7 Å². The van der Waals surface area contributed by atoms with Gasteiger partial charge in [-0.1, -0.05) is 0 Å². The molecule has 1 rings (SSSR count). The maximum atomic E-state index is 10.2. The SMILES string of the molecule is O=C(O)Nc1cc(Br)cnc1O. The van der Waals surface area contributed by atoms with E-state index in [4.69, 9.17) is 10.2 Å². The molecule has 1 aromatic rings. The Balaban J connectivity index is 2.97. The largest absolute Gasteiger partial charge is 0.492 e. The zero-order chi connectivity index (χ0) is 9.14. The fraction of sp³-hybridized carbons (Fsp3) is 0. The summed E-state index contributed by atoms with van der Waals surface area (Å²) in [4.78, 5) is 13.7. The van der Waals surface area contributed by atoms with Gasteiger partial charge in [0, 0.05) is 10.7 Å². The second-order valence-corrected chi connectivity index (χ2v) is 2.87. The predicted molar refractivity (Wildman–Crippen MR) is 45.2 cm³/mol. The zero-order valence-electron chi connectivity index (χ0n) is 5.78. The van der Waals surface area contributed by atoms with Gasteiger partial charge >= 0.3 is 6.09 Å². The van der Waals surface area contributed by atoms with Crippen LogP contribution in [0.15, 0.2) is 16.7 Å². The van der Waals surface area contributed by atoms with Gasteiger partial charge in [0.1, 0.15) is 5.69 Å². The molecule has 0 aliphatic heterocycles. The van der Waals surface area contributed by atoms with Crippen LogP contribution in [0.25, 0.3) is 0 Å². The number of carbonyl (C=O) groups is 1. The lowest BCUT2D eigenvalue weighted by molar-refractivity contribution is 0.209. The minimum Gasteiger partial charge on any atom is -0.492 e. The number of rotatable bonds is 1. The molecule has 6 heteroatoms. The number of nitrogens with zero attached hydrogens (tertiary/aromatic N) is 1. The topological polar surface area (TPSA) is 82.5 Å². The molecule has 0 aliphatic rings. The summed E-state index contributed by atoms with van der Waals surface area (Å²) in [5.41, 5.74) is 0.0527. The number of aromatic hydroxyl groups is 1. The van der Waals surface area contributed by atoms with Crippen LogP contribution in [0.2, 0.25) is 0 Å². The molecule has 0 radical (unpaired) electrons. The average molecular weight is 233 g/mol. The van der Waals surface area contributed by atoms with E-state index in [9.17, 15) is 4.79 Å². The van der Waals surface area contributed by atoms with Crippen LogP contribution in [0.4, 0.5) is 10.5 Å². The molecule has 5 nitrogen and oxygen atoms in total. The highest BCUT2D eigenvalue weighted by Gasteiger charge is 2.05. The van der Waals surface area contributed by atoms with Crippen LogP contribution in [0.1, 0.15) is 0 Å². The number of hydrogen-bond acceptors (Lipinski definition) is 3. The number of hydrogen-bond donors (Lipinski definition) is 3. The number of pyridine rings is 1. The highest BCUT2D eigenvalue weighted by atomic mass is 79.9. The van der Waals surface area contributed by atoms with E-state index in [1.54, 1.807) is 0 Å². The molecule has 0 fully saturated rings. The lowest BCUT2D eigenvalue weighted by Crippen LogP contribution is -2.07. The van der Waals surface area contributed by atoms with Gasteiger partial charge in [-0.2, -0.15) is 0 Å². The molecular weight excluding hydrogens is 228 g/mol. The van der Waals surface area contributed by atoms with Gasteiger partial charge in [0.05, 0.1) is 0 Å². The summed E-state index contributed by atoms with van der Waals surface area (Å²) in [6.45, 7) is 0. The van der Waals surface area contributed by atoms with Gasteiger partial charge in [0.2, 0.25) is 5.88 Å². The van der Waals surface area contributed by atoms with E-state index < -0.39 is 6.09 Å². The zero-order valence-corrected chi connectivity index (χ0v) is 7.37. The number of amides is 1. The highest BCUT2D eigenvalue weighted by molar-refractivity contribution is 9.10. The monoisotopic (exact) mass is 232 g/mol. The fourth-order valence-corrected chi connectivity index (χ4v) is 0.971. The summed E-state index contributed by atoms with van der Waals surface area (Å²) >= 11 is 3.08. The molecular formula is C6H5BrN2O3. The predicted octanol–water partition coefficient (Wildman–Crippen LogP) is 1.64. The Hall–Kier alpha value is -1.30. The van der Waals surface area contributed by atoms with Crippen molar-refractivity contribution < 1.29 is 15.0 Å². The normalized spacial score (nSPS) is 9.42. The minimum absolute atomic E-state index is 0.0527. The first-order valence-corrected chi connectivity index (χ1v) is 3.73. The molecule has 1 heterocycles. The molecule has 1 amide bonds. The summed E-state index contributed by atoms with van der Waals surface area (Å²) in [7, 11) is 0. The Labute approximate surface area is 76.2 Å². The lowest BCUT2D eigenvalue weighted by Gasteiger charge is -2.02. The third-order valence-corrected chi connectivity index (χ3v) is 1.51. The molecule has 0 saturated heterocycles. The Morgan fingerprint density at radius 1 is 1.67 bits per heavy atom. The molecule has 1 aromatic heterocycles. The lowest BCUT2D eigenvalue weighted by atomic mass is 10.4. The Morgan fingerprint density at radius 3 is 2.92 bits per heavy atom. The minimum atomic E-state index is -1.25. The van der Waals surface area contributed by atoms with Gasteiger partial charge in [-0.05, 0) is 22.0 Å². The van der Waals surface area contributed by atoms with Crippen LogP contribution in [-0.4, -0.2) is 21.3 Å². The summed E-state index contributed by atoms with van der Waals surface area (Å²) in [6.07, 6.45) is 0.118. The van der Waals surface area contributed by atoms with Gasteiger partial charge < -0.3 is 10.2 Å². The number of anilines is 1. The number of aromatic nitrogens is 1. The standard InChI is InChI=1S/C6H5BrN2O3/c7-3-1-4(9-6(11)12)5(10)8-2-3/h1-2,9H,(H,8,10)(H,11,12). The van der Waals surface area contributed by atoms with Crippen molar-refractivity contribution in [1.82, 2.24) is 4.98 Å². The van der Waals surface area contributed by atoms with Crippen molar-refractivity contribution in [3.05, 3.63) is 16.7 Å². The van der Waals surface area contributed by atoms with Gasteiger partial charge in [-0.15, -0.1) is 0 Å². The summed E-state index contributed by atoms with van der Waals surface area (Å²) in [5, 5.41) is 19.3. The van der Waals surface area contributed by atoms with Crippen molar-refractivity contribution in [3.8, 4) is 5.88 Å². The van der Waals surface area contributed by atoms with Gasteiger partial charge in [0.15, 0.2) is 0 Å². The molecule has 0 spiro atoms. The molecule has 3 N–H and O–H groups in total. The molecule has 12 heavy (non-hydrogen) atoms. The van der Waals surface area contributed by atoms with Crippen molar-refractivity contribution in [3.63, 3.8) is 0 Å². The number of carboxylic acid groups (broad SMARTS) is 1. The molecule has 0 aromatic carbocycles. The fourth-order valence-electron chi connectivity index (χ4n) is 0.639. The van der Waals surface area contributed by atoms with E-state index in [-0.39, 0.29) is 11.6 Å². The molecule has 0 saturated carbocycles. The highest BCUT2D eigenvalue weighted by Crippen LogP contribution is 2.23. The molecule has 64 valence electrons. The van der Waals surface area contributed by atoms with E-state index >= 15 is 0 Å². The van der Waals surface area contributed by atoms with Crippen molar-refractivity contribution in [2.24, 2.45) is 0 Å². The van der Waals surface area contributed by atoms with Gasteiger partial charge in [0.25, 0.3) is 0 Å². The maximum Gasteiger partial charge on any atom is 0.409 e. The number of nitrogens with one attached hydrogen (secondary N) is 1. The molecule has 0 aliphatic carbocycles. The third kappa shape index (κ3) is 2.09. The van der Waals surface area contributed by atoms with Crippen LogP contribution in [-0.2, 0) is 0 Å². The molecule has 0 atom stereocenters.